The molecule has 0 aliphatic carbocycles. The molecule has 0 radical (unpaired) electrons. The van der Waals surface area contributed by atoms with Crippen LogP contribution in [0, 0.1) is 0 Å². The fraction of sp³-hybridized carbons (Fsp3) is 0.200. The number of nitrogens with zero attached hydrogens (tertiary/aromatic N) is 5. The maximum absolute atomic E-state index is 12.8. The minimum atomic E-state index is -3.97. The highest BCUT2D eigenvalue weighted by Crippen LogP contribution is 2.29. The molecule has 0 unspecified atom stereocenters. The van der Waals surface area contributed by atoms with Crippen molar-refractivity contribution in [2.75, 3.05) is 23.6 Å². The third-order valence-corrected chi connectivity index (χ3v) is 8.05. The highest BCUT2D eigenvalue weighted by atomic mass is 32.2. The van der Waals surface area contributed by atoms with Crippen LogP contribution in [0.15, 0.2) is 62.7 Å². The molecule has 3 heterocycles. The number of anilines is 2. The Balaban J connectivity index is 1.41. The van der Waals surface area contributed by atoms with Gasteiger partial charge in [-0.15, -0.1) is 9.50 Å². The number of aromatic nitrogens is 3. The van der Waals surface area contributed by atoms with Crippen LogP contribution in [0.5, 0.6) is 0 Å². The maximum atomic E-state index is 12.8. The largest absolute Gasteiger partial charge is 0.362 e. The lowest BCUT2D eigenvalue weighted by Gasteiger charge is -2.17. The van der Waals surface area contributed by atoms with E-state index in [1.165, 1.54) is 35.0 Å². The maximum Gasteiger partial charge on any atom is 0.295 e. The molecule has 0 atom stereocenters. The van der Waals surface area contributed by atoms with Gasteiger partial charge in [0.15, 0.2) is 0 Å². The lowest BCUT2D eigenvalue weighted by Crippen LogP contribution is -2.23. The van der Waals surface area contributed by atoms with Crippen molar-refractivity contribution in [1.29, 1.82) is 0 Å². The predicted octanol–water partition coefficient (Wildman–Crippen LogP) is 1.45. The molecule has 34 heavy (non-hydrogen) atoms. The zero-order chi connectivity index (χ0) is 24.1. The number of carbonyl (C=O) groups is 1. The van der Waals surface area contributed by atoms with Gasteiger partial charge in [0, 0.05) is 25.7 Å². The van der Waals surface area contributed by atoms with Crippen LogP contribution in [0.3, 0.4) is 0 Å². The summed E-state index contributed by atoms with van der Waals surface area (Å²) in [5, 5.41) is 6.67. The normalized spacial score (nSPS) is 17.7. The van der Waals surface area contributed by atoms with Crippen LogP contribution >= 0.6 is 0 Å². The van der Waals surface area contributed by atoms with Crippen molar-refractivity contribution < 1.29 is 21.6 Å². The first-order valence-electron chi connectivity index (χ1n) is 10.2. The molecular weight excluding hydrogens is 482 g/mol. The molecule has 1 aromatic heterocycles. The summed E-state index contributed by atoms with van der Waals surface area (Å²) in [7, 11) is -6.03. The van der Waals surface area contributed by atoms with Crippen molar-refractivity contribution >= 4 is 43.4 Å². The molecule has 14 heteroatoms. The third-order valence-electron chi connectivity index (χ3n) is 5.37. The lowest BCUT2D eigenvalue weighted by molar-refractivity contribution is 0.101. The van der Waals surface area contributed by atoms with Crippen molar-refractivity contribution in [2.45, 2.75) is 22.6 Å². The third kappa shape index (κ3) is 3.90. The topological polar surface area (TPSA) is 156 Å². The van der Waals surface area contributed by atoms with Gasteiger partial charge in [-0.05, 0) is 36.8 Å². The molecule has 2 aliphatic heterocycles. The molecular formula is C20H19N7O5S2. The van der Waals surface area contributed by atoms with E-state index < -0.39 is 26.0 Å². The van der Waals surface area contributed by atoms with Gasteiger partial charge in [-0.25, -0.2) is 13.1 Å². The number of likely N-dealkylation sites (tertiary alicyclic amines) is 1. The second kappa shape index (κ2) is 7.92. The molecule has 5 rings (SSSR count). The van der Waals surface area contributed by atoms with E-state index in [4.69, 9.17) is 0 Å². The first-order chi connectivity index (χ1) is 16.1. The van der Waals surface area contributed by atoms with Crippen LogP contribution in [0.4, 0.5) is 11.6 Å². The minimum absolute atomic E-state index is 0.00629. The minimum Gasteiger partial charge on any atom is -0.362 e. The first-order valence-corrected chi connectivity index (χ1v) is 13.1. The molecule has 2 N–H and O–H groups in total. The summed E-state index contributed by atoms with van der Waals surface area (Å²) < 4.78 is 57.7. The second-order valence-corrected chi connectivity index (χ2v) is 11.0. The number of amidine groups is 1. The molecule has 1 amide bonds. The number of hydrogen-bond donors (Lipinski definition) is 2. The van der Waals surface area contributed by atoms with Gasteiger partial charge >= 0.3 is 0 Å². The average Bonchev–Trinajstić information content (AvgIpc) is 3.39. The number of fused-ring (bicyclic) bond motifs is 3. The zero-order valence-corrected chi connectivity index (χ0v) is 19.5. The molecule has 176 valence electrons. The number of benzene rings is 2. The van der Waals surface area contributed by atoms with E-state index in [9.17, 15) is 21.6 Å². The Hall–Kier alpha value is -3.78. The quantitative estimate of drug-likeness (QED) is 0.544. The Morgan fingerprint density at radius 1 is 1.18 bits per heavy atom. The van der Waals surface area contributed by atoms with E-state index in [1.54, 1.807) is 30.1 Å². The summed E-state index contributed by atoms with van der Waals surface area (Å²) in [6.07, 6.45) is 1.42. The Kier molecular flexibility index (Phi) is 5.13. The molecule has 0 bridgehead atoms. The van der Waals surface area contributed by atoms with Gasteiger partial charge in [0.1, 0.15) is 10.7 Å². The van der Waals surface area contributed by atoms with E-state index in [0.717, 1.165) is 13.0 Å². The van der Waals surface area contributed by atoms with E-state index in [1.807, 2.05) is 0 Å². The lowest BCUT2D eigenvalue weighted by atomic mass is 10.3. The molecule has 0 spiro atoms. The van der Waals surface area contributed by atoms with E-state index in [-0.39, 0.29) is 32.9 Å². The molecule has 2 aromatic carbocycles. The Morgan fingerprint density at radius 2 is 1.97 bits per heavy atom. The van der Waals surface area contributed by atoms with Crippen molar-refractivity contribution in [2.24, 2.45) is 4.40 Å². The number of sulfonamides is 2. The van der Waals surface area contributed by atoms with E-state index in [0.29, 0.717) is 12.3 Å². The predicted molar refractivity (Wildman–Crippen MR) is 123 cm³/mol. The fourth-order valence-corrected chi connectivity index (χ4v) is 6.01. The number of nitrogens with one attached hydrogen (secondary N) is 2. The van der Waals surface area contributed by atoms with Crippen LogP contribution in [-0.2, 0) is 20.0 Å². The van der Waals surface area contributed by atoms with Gasteiger partial charge in [0.25, 0.3) is 26.0 Å². The summed E-state index contributed by atoms with van der Waals surface area (Å²) in [4.78, 5) is 18.5. The number of amides is 1. The molecule has 0 saturated carbocycles. The molecule has 1 saturated heterocycles. The van der Waals surface area contributed by atoms with E-state index in [2.05, 4.69) is 24.5 Å². The highest BCUT2D eigenvalue weighted by Gasteiger charge is 2.31. The Bertz CT molecular complexity index is 1560. The summed E-state index contributed by atoms with van der Waals surface area (Å²) in [5.41, 5.74) is 0.451. The Morgan fingerprint density at radius 3 is 2.74 bits per heavy atom. The van der Waals surface area contributed by atoms with Gasteiger partial charge in [-0.3, -0.25) is 4.79 Å². The Labute approximate surface area is 195 Å². The van der Waals surface area contributed by atoms with Gasteiger partial charge in [-0.1, -0.05) is 18.2 Å². The van der Waals surface area contributed by atoms with Gasteiger partial charge in [0.2, 0.25) is 11.8 Å². The van der Waals surface area contributed by atoms with E-state index >= 15 is 0 Å². The summed E-state index contributed by atoms with van der Waals surface area (Å²) in [5.74, 6) is -0.674. The monoisotopic (exact) mass is 501 g/mol. The number of carbonyl (C=O) groups excluding carboxylic acids is 1. The molecule has 2 aliphatic rings. The SMILES string of the molecule is CN1CCC/C1=N\S(=O)(=O)c1cccc(NC(=O)c2nc3n(n2)-c2ccccc2S(=O)(=O)N3)c1. The summed E-state index contributed by atoms with van der Waals surface area (Å²) in [6.45, 7) is 0.743. The van der Waals surface area contributed by atoms with Crippen molar-refractivity contribution in [1.82, 2.24) is 19.7 Å². The highest BCUT2D eigenvalue weighted by molar-refractivity contribution is 7.93. The van der Waals surface area contributed by atoms with Crippen molar-refractivity contribution in [3.8, 4) is 5.69 Å². The van der Waals surface area contributed by atoms with Crippen LogP contribution in [0.25, 0.3) is 5.69 Å². The van der Waals surface area contributed by atoms with Crippen molar-refractivity contribution in [3.05, 3.63) is 54.4 Å². The first kappa shape index (κ1) is 22.0. The standard InChI is InChI=1S/C20H19N7O5S2/c1-26-11-5-10-17(26)24-33(29,30)14-7-4-6-13(12-14)21-19(28)18-22-20-25-34(31,32)16-9-3-2-8-15(16)27(20)23-18/h2-4,6-9,12H,5,10-11H2,1H3,(H,21,28)(H,22,23,25)/b24-17+. The molecule has 3 aromatic rings. The number of rotatable bonds is 4. The smallest absolute Gasteiger partial charge is 0.295 e. The summed E-state index contributed by atoms with van der Waals surface area (Å²) >= 11 is 0. The van der Waals surface area contributed by atoms with Crippen LogP contribution in [-0.4, -0.2) is 61.8 Å². The second-order valence-electron chi connectivity index (χ2n) is 7.73. The van der Waals surface area contributed by atoms with Gasteiger partial charge < -0.3 is 10.2 Å². The molecule has 12 nitrogen and oxygen atoms in total. The van der Waals surface area contributed by atoms with Crippen LogP contribution < -0.4 is 10.0 Å². The average molecular weight is 502 g/mol. The van der Waals surface area contributed by atoms with Crippen molar-refractivity contribution in [3.63, 3.8) is 0 Å². The molecule has 1 fully saturated rings. The fourth-order valence-electron chi connectivity index (χ4n) is 3.70. The zero-order valence-electron chi connectivity index (χ0n) is 17.8. The van der Waals surface area contributed by atoms with Crippen LogP contribution in [0.1, 0.15) is 23.5 Å². The number of hydrogen-bond acceptors (Lipinski definition) is 7. The summed E-state index contributed by atoms with van der Waals surface area (Å²) in [6, 6.07) is 11.9. The number of para-hydroxylation sites is 1. The van der Waals surface area contributed by atoms with Gasteiger partial charge in [-0.2, -0.15) is 18.1 Å². The van der Waals surface area contributed by atoms with Crippen LogP contribution in [0.2, 0.25) is 0 Å². The van der Waals surface area contributed by atoms with Gasteiger partial charge in [0.05, 0.1) is 10.6 Å².